The molecule has 11 heteroatoms. The van der Waals surface area contributed by atoms with Crippen molar-refractivity contribution in [1.82, 2.24) is 14.8 Å². The minimum absolute atomic E-state index is 0.0334. The molecule has 2 unspecified atom stereocenters. The number of halogens is 5. The fraction of sp³-hybridized carbons (Fsp3) is 0.541. The molecule has 2 heterocycles. The van der Waals surface area contributed by atoms with Crippen LogP contribution in [0.5, 0.6) is 0 Å². The van der Waals surface area contributed by atoms with Gasteiger partial charge in [-0.15, -0.1) is 0 Å². The molecule has 5 atom stereocenters. The number of alkyl halides is 5. The van der Waals surface area contributed by atoms with Crippen LogP contribution in [0.15, 0.2) is 71.6 Å². The number of piperazine rings is 1. The summed E-state index contributed by atoms with van der Waals surface area (Å²) in [5.74, 6) is -6.77. The summed E-state index contributed by atoms with van der Waals surface area (Å²) in [5.41, 5.74) is 0.308. The first-order chi connectivity index (χ1) is 22.7. The van der Waals surface area contributed by atoms with Gasteiger partial charge in [-0.05, 0) is 103 Å². The normalized spacial score (nSPS) is 31.2. The van der Waals surface area contributed by atoms with Crippen molar-refractivity contribution in [2.45, 2.75) is 82.0 Å². The van der Waals surface area contributed by atoms with E-state index in [9.17, 15) is 27.9 Å². The molecule has 5 aliphatic rings. The summed E-state index contributed by atoms with van der Waals surface area (Å²) in [5, 5.41) is 11.5. The standard InChI is InChI=1S/C37H40F5N3O3/c1-34-21-30(24-2-4-25(5-3-24)33(47)45-18-16-44(17-19-45)22-23-11-14-43-15-12-23)32-28-9-7-27(46)20-26(28)6-8-29(32)31(34)10-13-35(34,48)36(38,39)37(40,41)42/h2-5,11-12,14-15,20,29-31,48H,6-10,13,16-19,21-22H2,1H3/t29?,30-,31+,34?,35+/m1/s1. The Hall–Kier alpha value is -3.44. The van der Waals surface area contributed by atoms with E-state index in [2.05, 4.69) is 9.88 Å². The second-order valence-electron chi connectivity index (χ2n) is 14.5. The summed E-state index contributed by atoms with van der Waals surface area (Å²) in [6.45, 7) is 4.75. The number of amides is 1. The van der Waals surface area contributed by atoms with E-state index in [1.165, 1.54) is 6.92 Å². The lowest BCUT2D eigenvalue weighted by molar-refractivity contribution is -0.362. The first-order valence-corrected chi connectivity index (χ1v) is 16.9. The molecule has 0 bridgehead atoms. The topological polar surface area (TPSA) is 73.7 Å². The molecular weight excluding hydrogens is 629 g/mol. The Balaban J connectivity index is 1.18. The minimum atomic E-state index is -5.90. The monoisotopic (exact) mass is 669 g/mol. The second kappa shape index (κ2) is 11.9. The number of pyridine rings is 1. The zero-order chi connectivity index (χ0) is 34.1. The highest BCUT2D eigenvalue weighted by molar-refractivity contribution is 5.94. The first-order valence-electron chi connectivity index (χ1n) is 16.9. The molecule has 1 aliphatic heterocycles. The highest BCUT2D eigenvalue weighted by Gasteiger charge is 2.79. The maximum atomic E-state index is 15.3. The number of allylic oxidation sites excluding steroid dienone is 4. The SMILES string of the molecule is CC12C[C@H](c3ccc(C(=O)N4CCN(Cc5ccncc5)CC4)cc3)C3=C4CCC(=O)C=C4CCC3[C@@H]1CC[C@@]2(O)C(F)(F)C(F)(F)F. The van der Waals surface area contributed by atoms with Gasteiger partial charge in [-0.2, -0.15) is 22.0 Å². The molecule has 1 amide bonds. The third-order valence-corrected chi connectivity index (χ3v) is 12.1. The zero-order valence-corrected chi connectivity index (χ0v) is 26.9. The van der Waals surface area contributed by atoms with Crippen molar-refractivity contribution >= 4 is 11.7 Å². The molecule has 48 heavy (non-hydrogen) atoms. The largest absolute Gasteiger partial charge is 0.456 e. The molecule has 3 fully saturated rings. The molecule has 6 nitrogen and oxygen atoms in total. The van der Waals surface area contributed by atoms with E-state index in [1.54, 1.807) is 47.6 Å². The molecule has 1 N–H and O–H groups in total. The number of rotatable bonds is 5. The van der Waals surface area contributed by atoms with Gasteiger partial charge in [0.1, 0.15) is 5.60 Å². The molecule has 0 spiro atoms. The van der Waals surface area contributed by atoms with Crippen molar-refractivity contribution in [3.05, 3.63) is 88.3 Å². The van der Waals surface area contributed by atoms with Gasteiger partial charge in [0, 0.05) is 68.4 Å². The van der Waals surface area contributed by atoms with Crippen LogP contribution in [-0.2, 0) is 11.3 Å². The number of carbonyl (C=O) groups is 2. The van der Waals surface area contributed by atoms with E-state index in [0.29, 0.717) is 49.9 Å². The molecule has 4 aliphatic carbocycles. The molecule has 7 rings (SSSR count). The highest BCUT2D eigenvalue weighted by Crippen LogP contribution is 2.70. The molecule has 256 valence electrons. The zero-order valence-electron chi connectivity index (χ0n) is 26.9. The predicted octanol–water partition coefficient (Wildman–Crippen LogP) is 6.87. The summed E-state index contributed by atoms with van der Waals surface area (Å²) in [6.07, 6.45) is 0.501. The Labute approximate surface area is 276 Å². The fourth-order valence-electron chi connectivity index (χ4n) is 9.61. The van der Waals surface area contributed by atoms with Gasteiger partial charge in [-0.25, -0.2) is 0 Å². The van der Waals surface area contributed by atoms with Crippen molar-refractivity contribution in [3.8, 4) is 0 Å². The molecule has 1 aromatic heterocycles. The Morgan fingerprint density at radius 3 is 2.31 bits per heavy atom. The van der Waals surface area contributed by atoms with Gasteiger partial charge in [-0.1, -0.05) is 24.6 Å². The average molecular weight is 670 g/mol. The Morgan fingerprint density at radius 2 is 1.65 bits per heavy atom. The first kappa shape index (κ1) is 33.1. The smallest absolute Gasteiger partial charge is 0.383 e. The van der Waals surface area contributed by atoms with E-state index in [4.69, 9.17) is 0 Å². The molecule has 1 saturated heterocycles. The number of ketones is 1. The highest BCUT2D eigenvalue weighted by atomic mass is 19.4. The molecule has 0 radical (unpaired) electrons. The van der Waals surface area contributed by atoms with Crippen LogP contribution in [0.25, 0.3) is 0 Å². The molecular formula is C37H40F5N3O3. The number of nitrogens with zero attached hydrogens (tertiary/aromatic N) is 3. The van der Waals surface area contributed by atoms with Crippen LogP contribution in [0.1, 0.15) is 79.3 Å². The summed E-state index contributed by atoms with van der Waals surface area (Å²) in [4.78, 5) is 34.0. The number of aliphatic hydroxyl groups is 1. The van der Waals surface area contributed by atoms with Gasteiger partial charge in [0.25, 0.3) is 5.91 Å². The molecule has 2 saturated carbocycles. The van der Waals surface area contributed by atoms with Gasteiger partial charge in [-0.3, -0.25) is 19.5 Å². The molecule has 1 aromatic carbocycles. The van der Waals surface area contributed by atoms with Gasteiger partial charge < -0.3 is 10.0 Å². The lowest BCUT2D eigenvalue weighted by Crippen LogP contribution is -2.65. The Bertz CT molecular complexity index is 1650. The third-order valence-electron chi connectivity index (χ3n) is 12.1. The molecule has 2 aromatic rings. The van der Waals surface area contributed by atoms with Crippen molar-refractivity contribution in [2.75, 3.05) is 26.2 Å². The van der Waals surface area contributed by atoms with Gasteiger partial charge in [0.05, 0.1) is 0 Å². The van der Waals surface area contributed by atoms with Crippen LogP contribution in [-0.4, -0.2) is 75.5 Å². The second-order valence-corrected chi connectivity index (χ2v) is 14.5. The summed E-state index contributed by atoms with van der Waals surface area (Å²) >= 11 is 0. The van der Waals surface area contributed by atoms with E-state index in [-0.39, 0.29) is 30.4 Å². The summed E-state index contributed by atoms with van der Waals surface area (Å²) in [7, 11) is 0. The van der Waals surface area contributed by atoms with Crippen LogP contribution in [0.2, 0.25) is 0 Å². The Morgan fingerprint density at radius 1 is 0.958 bits per heavy atom. The van der Waals surface area contributed by atoms with E-state index < -0.39 is 41.4 Å². The number of hydrogen-bond acceptors (Lipinski definition) is 5. The average Bonchev–Trinajstić information content (AvgIpc) is 3.35. The number of aromatic nitrogens is 1. The van der Waals surface area contributed by atoms with Crippen molar-refractivity contribution < 1.29 is 36.6 Å². The van der Waals surface area contributed by atoms with Crippen LogP contribution in [0.3, 0.4) is 0 Å². The van der Waals surface area contributed by atoms with Gasteiger partial charge in [0.15, 0.2) is 5.78 Å². The van der Waals surface area contributed by atoms with Crippen molar-refractivity contribution in [3.63, 3.8) is 0 Å². The van der Waals surface area contributed by atoms with Crippen LogP contribution >= 0.6 is 0 Å². The number of hydrogen-bond donors (Lipinski definition) is 1. The van der Waals surface area contributed by atoms with E-state index >= 15 is 8.78 Å². The van der Waals surface area contributed by atoms with E-state index in [1.807, 2.05) is 12.1 Å². The summed E-state index contributed by atoms with van der Waals surface area (Å²) < 4.78 is 72.1. The number of benzene rings is 1. The third kappa shape index (κ3) is 5.23. The maximum absolute atomic E-state index is 15.3. The lowest BCUT2D eigenvalue weighted by Gasteiger charge is -2.56. The quantitative estimate of drug-likeness (QED) is 0.352. The number of carbonyl (C=O) groups excluding carboxylic acids is 2. The van der Waals surface area contributed by atoms with Crippen LogP contribution in [0.4, 0.5) is 22.0 Å². The van der Waals surface area contributed by atoms with Crippen LogP contribution < -0.4 is 0 Å². The number of fused-ring (bicyclic) bond motifs is 4. The van der Waals surface area contributed by atoms with Gasteiger partial charge >= 0.3 is 12.1 Å². The van der Waals surface area contributed by atoms with Crippen LogP contribution in [0, 0.1) is 17.3 Å². The van der Waals surface area contributed by atoms with Crippen molar-refractivity contribution in [1.29, 1.82) is 0 Å². The Kier molecular flexibility index (Phi) is 8.17. The predicted molar refractivity (Wildman–Crippen MR) is 168 cm³/mol. The van der Waals surface area contributed by atoms with Gasteiger partial charge in [0.2, 0.25) is 0 Å². The van der Waals surface area contributed by atoms with E-state index in [0.717, 1.165) is 41.9 Å². The fourth-order valence-corrected chi connectivity index (χ4v) is 9.61. The van der Waals surface area contributed by atoms with Crippen molar-refractivity contribution in [2.24, 2.45) is 17.3 Å². The lowest BCUT2D eigenvalue weighted by atomic mass is 9.50. The minimum Gasteiger partial charge on any atom is -0.383 e. The maximum Gasteiger partial charge on any atom is 0.456 e. The summed E-state index contributed by atoms with van der Waals surface area (Å²) in [6, 6.07) is 10.9.